The van der Waals surface area contributed by atoms with Gasteiger partial charge in [0, 0.05) is 32.6 Å². The van der Waals surface area contributed by atoms with Crippen LogP contribution in [0.5, 0.6) is 0 Å². The second-order valence-electron chi connectivity index (χ2n) is 8.70. The smallest absolute Gasteiger partial charge is 0.410 e. The molecule has 7 heteroatoms. The molecule has 0 aromatic heterocycles. The average molecular weight is 419 g/mol. The lowest BCUT2D eigenvalue weighted by atomic mass is 9.96. The molecule has 0 bridgehead atoms. The number of fused-ring (bicyclic) bond motifs is 2. The Balaban J connectivity index is 0.00000124. The summed E-state index contributed by atoms with van der Waals surface area (Å²) in [6, 6.07) is 6.08. The minimum atomic E-state index is -0.485. The summed E-state index contributed by atoms with van der Waals surface area (Å²) >= 11 is 0. The monoisotopic (exact) mass is 418 g/mol. The summed E-state index contributed by atoms with van der Waals surface area (Å²) in [5.74, 6) is -0.240. The van der Waals surface area contributed by atoms with Crippen LogP contribution in [0.1, 0.15) is 62.2 Å². The van der Waals surface area contributed by atoms with E-state index in [4.69, 9.17) is 14.2 Å². The van der Waals surface area contributed by atoms with Gasteiger partial charge >= 0.3 is 12.1 Å². The molecule has 1 amide bonds. The second-order valence-corrected chi connectivity index (χ2v) is 8.70. The van der Waals surface area contributed by atoms with E-state index in [0.717, 1.165) is 30.6 Å². The molecular weight excluding hydrogens is 384 g/mol. The molecular formula is C23H34N2O5. The van der Waals surface area contributed by atoms with E-state index in [9.17, 15) is 9.59 Å². The van der Waals surface area contributed by atoms with Gasteiger partial charge in [-0.3, -0.25) is 4.90 Å². The van der Waals surface area contributed by atoms with Crippen LogP contribution >= 0.6 is 0 Å². The lowest BCUT2D eigenvalue weighted by Gasteiger charge is -2.46. The normalized spacial score (nSPS) is 24.0. The fourth-order valence-electron chi connectivity index (χ4n) is 4.03. The fourth-order valence-corrected chi connectivity index (χ4v) is 4.03. The Kier molecular flexibility index (Phi) is 7.03. The first kappa shape index (κ1) is 22.6. The van der Waals surface area contributed by atoms with Crippen molar-refractivity contribution in [3.05, 3.63) is 34.9 Å². The molecule has 7 nitrogen and oxygen atoms in total. The van der Waals surface area contributed by atoms with Gasteiger partial charge in [-0.05, 0) is 38.0 Å². The standard InChI is InChI=1S/C21H28N2O5.C2H6/c1-21(2,3)28-20(25)23-8-7-22-12-18(27-13-16(22)11-23)15-4-5-17-14(10-15)6-9-26-19(17)24;1-2/h4-5,10,16,18H,6-9,11-13H2,1-3H3;1-2H3/t16-,18?;/m1./s1. The average Bonchev–Trinajstić information content (AvgIpc) is 2.73. The van der Waals surface area contributed by atoms with Gasteiger partial charge in [-0.15, -0.1) is 0 Å². The Hall–Kier alpha value is -2.12. The third-order valence-electron chi connectivity index (χ3n) is 5.47. The van der Waals surface area contributed by atoms with Crippen molar-refractivity contribution in [2.24, 2.45) is 0 Å². The number of morpholine rings is 1. The molecule has 3 aliphatic heterocycles. The third-order valence-corrected chi connectivity index (χ3v) is 5.47. The van der Waals surface area contributed by atoms with Crippen LogP contribution in [0.25, 0.3) is 0 Å². The number of carbonyl (C=O) groups excluding carboxylic acids is 2. The molecule has 0 spiro atoms. The van der Waals surface area contributed by atoms with Crippen LogP contribution in [0, 0.1) is 0 Å². The van der Waals surface area contributed by atoms with E-state index < -0.39 is 5.60 Å². The van der Waals surface area contributed by atoms with E-state index >= 15 is 0 Å². The second kappa shape index (κ2) is 9.35. The number of benzene rings is 1. The molecule has 0 aliphatic carbocycles. The summed E-state index contributed by atoms with van der Waals surface area (Å²) in [5, 5.41) is 0. The van der Waals surface area contributed by atoms with Gasteiger partial charge in [-0.2, -0.15) is 0 Å². The van der Waals surface area contributed by atoms with Crippen molar-refractivity contribution in [1.29, 1.82) is 0 Å². The number of ether oxygens (including phenoxy) is 3. The molecule has 3 heterocycles. The zero-order valence-electron chi connectivity index (χ0n) is 18.8. The van der Waals surface area contributed by atoms with E-state index in [-0.39, 0.29) is 24.2 Å². The molecule has 30 heavy (non-hydrogen) atoms. The maximum atomic E-state index is 12.3. The Labute approximate surface area is 179 Å². The van der Waals surface area contributed by atoms with Gasteiger partial charge in [0.1, 0.15) is 5.60 Å². The number of rotatable bonds is 1. The SMILES string of the molecule is CC.CC(C)(C)OC(=O)N1CCN2CC(c3ccc4c(c3)CCOC4=O)OC[C@H]2C1. The van der Waals surface area contributed by atoms with Gasteiger partial charge in [-0.1, -0.05) is 26.0 Å². The van der Waals surface area contributed by atoms with Crippen LogP contribution in [0.2, 0.25) is 0 Å². The molecule has 166 valence electrons. The Morgan fingerprint density at radius 3 is 2.67 bits per heavy atom. The zero-order valence-corrected chi connectivity index (χ0v) is 18.8. The molecule has 1 aromatic carbocycles. The lowest BCUT2D eigenvalue weighted by molar-refractivity contribution is -0.0906. The predicted molar refractivity (Wildman–Crippen MR) is 114 cm³/mol. The molecule has 2 saturated heterocycles. The van der Waals surface area contributed by atoms with Crippen LogP contribution in [-0.2, 0) is 20.6 Å². The molecule has 0 N–H and O–H groups in total. The van der Waals surface area contributed by atoms with E-state index in [2.05, 4.69) is 11.0 Å². The van der Waals surface area contributed by atoms with Crippen molar-refractivity contribution < 1.29 is 23.8 Å². The Morgan fingerprint density at radius 2 is 1.93 bits per heavy atom. The number of nitrogens with zero attached hydrogens (tertiary/aromatic N) is 2. The van der Waals surface area contributed by atoms with E-state index in [1.54, 1.807) is 4.90 Å². The van der Waals surface area contributed by atoms with Crippen LogP contribution in [-0.4, -0.2) is 72.9 Å². The van der Waals surface area contributed by atoms with E-state index in [1.165, 1.54) is 0 Å². The number of piperazine rings is 1. The maximum absolute atomic E-state index is 12.3. The zero-order chi connectivity index (χ0) is 21.9. The maximum Gasteiger partial charge on any atom is 0.410 e. The summed E-state index contributed by atoms with van der Waals surface area (Å²) in [6.45, 7) is 13.5. The number of carbonyl (C=O) groups is 2. The first-order valence-electron chi connectivity index (χ1n) is 10.9. The molecule has 0 radical (unpaired) electrons. The predicted octanol–water partition coefficient (Wildman–Crippen LogP) is 3.42. The molecule has 1 unspecified atom stereocenters. The Bertz CT molecular complexity index is 773. The van der Waals surface area contributed by atoms with Crippen molar-refractivity contribution >= 4 is 12.1 Å². The number of hydrogen-bond acceptors (Lipinski definition) is 6. The van der Waals surface area contributed by atoms with Gasteiger partial charge in [0.05, 0.1) is 30.9 Å². The summed E-state index contributed by atoms with van der Waals surface area (Å²) in [6.07, 6.45) is 0.474. The molecule has 1 aromatic rings. The largest absolute Gasteiger partial charge is 0.462 e. The van der Waals surface area contributed by atoms with Gasteiger partial charge in [0.25, 0.3) is 0 Å². The van der Waals surface area contributed by atoms with Crippen LogP contribution in [0.3, 0.4) is 0 Å². The van der Waals surface area contributed by atoms with Crippen LogP contribution in [0.4, 0.5) is 4.79 Å². The van der Waals surface area contributed by atoms with E-state index in [1.807, 2.05) is 46.8 Å². The summed E-state index contributed by atoms with van der Waals surface area (Å²) in [7, 11) is 0. The van der Waals surface area contributed by atoms with Crippen molar-refractivity contribution in [1.82, 2.24) is 9.80 Å². The highest BCUT2D eigenvalue weighted by Gasteiger charge is 2.37. The Morgan fingerprint density at radius 1 is 1.17 bits per heavy atom. The highest BCUT2D eigenvalue weighted by molar-refractivity contribution is 5.92. The summed E-state index contributed by atoms with van der Waals surface area (Å²) in [4.78, 5) is 28.3. The highest BCUT2D eigenvalue weighted by Crippen LogP contribution is 2.29. The summed E-state index contributed by atoms with van der Waals surface area (Å²) < 4.78 is 16.7. The van der Waals surface area contributed by atoms with E-state index in [0.29, 0.717) is 31.9 Å². The highest BCUT2D eigenvalue weighted by atomic mass is 16.6. The third kappa shape index (κ3) is 5.13. The number of esters is 1. The van der Waals surface area contributed by atoms with Crippen molar-refractivity contribution in [3.8, 4) is 0 Å². The van der Waals surface area contributed by atoms with Crippen LogP contribution in [0.15, 0.2) is 18.2 Å². The first-order chi connectivity index (χ1) is 14.3. The minimum absolute atomic E-state index is 0.0208. The molecule has 2 fully saturated rings. The topological polar surface area (TPSA) is 68.3 Å². The number of cyclic esters (lactones) is 1. The van der Waals surface area contributed by atoms with Crippen molar-refractivity contribution in [3.63, 3.8) is 0 Å². The fraction of sp³-hybridized carbons (Fsp3) is 0.652. The quantitative estimate of drug-likeness (QED) is 0.651. The lowest BCUT2D eigenvalue weighted by Crippen LogP contribution is -2.60. The molecule has 0 saturated carbocycles. The summed E-state index contributed by atoms with van der Waals surface area (Å²) in [5.41, 5.74) is 2.31. The minimum Gasteiger partial charge on any atom is -0.462 e. The van der Waals surface area contributed by atoms with Gasteiger partial charge in [0.2, 0.25) is 0 Å². The molecule has 4 rings (SSSR count). The first-order valence-corrected chi connectivity index (χ1v) is 10.9. The molecule has 3 aliphatic rings. The van der Waals surface area contributed by atoms with Gasteiger partial charge in [0.15, 0.2) is 0 Å². The van der Waals surface area contributed by atoms with Crippen molar-refractivity contribution in [2.45, 2.75) is 58.8 Å². The van der Waals surface area contributed by atoms with Gasteiger partial charge < -0.3 is 19.1 Å². The van der Waals surface area contributed by atoms with Crippen LogP contribution < -0.4 is 0 Å². The van der Waals surface area contributed by atoms with Crippen molar-refractivity contribution in [2.75, 3.05) is 39.4 Å². The molecule has 2 atom stereocenters. The number of hydrogen-bond donors (Lipinski definition) is 0. The number of amides is 1. The van der Waals surface area contributed by atoms with Gasteiger partial charge in [-0.25, -0.2) is 9.59 Å².